The summed E-state index contributed by atoms with van der Waals surface area (Å²) in [5.74, 6) is 0.665. The molecule has 0 N–H and O–H groups in total. The van der Waals surface area contributed by atoms with Gasteiger partial charge in [0, 0.05) is 12.0 Å². The van der Waals surface area contributed by atoms with E-state index in [1.54, 1.807) is 4.57 Å². The highest BCUT2D eigenvalue weighted by atomic mass is 16.2. The second kappa shape index (κ2) is 10.3. The Labute approximate surface area is 197 Å². The number of carbonyl (C=O) groups excluding carboxylic acids is 1. The molecular weight excluding hydrogens is 410 g/mol. The first-order valence-electron chi connectivity index (χ1n) is 12.1. The van der Waals surface area contributed by atoms with Gasteiger partial charge in [0.05, 0.1) is 22.6 Å². The lowest BCUT2D eigenvalue weighted by molar-refractivity contribution is -0.142. The fraction of sp³-hybridized carbons (Fsp3) is 0.464. The van der Waals surface area contributed by atoms with Gasteiger partial charge in [0.1, 0.15) is 5.82 Å². The lowest BCUT2D eigenvalue weighted by Gasteiger charge is -2.35. The zero-order valence-electron chi connectivity index (χ0n) is 20.9. The zero-order chi connectivity index (χ0) is 24.2. The Balaban J connectivity index is 2.21. The molecule has 0 spiro atoms. The molecule has 0 radical (unpaired) electrons. The Hall–Kier alpha value is -2.95. The van der Waals surface area contributed by atoms with E-state index in [1.807, 2.05) is 81.1 Å². The van der Waals surface area contributed by atoms with E-state index in [4.69, 9.17) is 4.98 Å². The highest BCUT2D eigenvalue weighted by Crippen LogP contribution is 2.28. The van der Waals surface area contributed by atoms with Crippen LogP contribution < -0.4 is 5.56 Å². The maximum Gasteiger partial charge on any atom is 0.266 e. The van der Waals surface area contributed by atoms with Crippen molar-refractivity contribution in [2.45, 2.75) is 73.3 Å². The Kier molecular flexibility index (Phi) is 7.72. The quantitative estimate of drug-likeness (QED) is 0.394. The van der Waals surface area contributed by atoms with Crippen molar-refractivity contribution in [3.8, 4) is 5.69 Å². The van der Waals surface area contributed by atoms with Gasteiger partial charge in [-0.25, -0.2) is 4.98 Å². The highest BCUT2D eigenvalue weighted by Gasteiger charge is 2.33. The van der Waals surface area contributed by atoms with Crippen LogP contribution in [-0.2, 0) is 11.2 Å². The predicted molar refractivity (Wildman–Crippen MR) is 136 cm³/mol. The van der Waals surface area contributed by atoms with Crippen LogP contribution in [0.15, 0.2) is 53.3 Å². The van der Waals surface area contributed by atoms with Crippen molar-refractivity contribution >= 4 is 16.8 Å². The summed E-state index contributed by atoms with van der Waals surface area (Å²) in [7, 11) is 0. The van der Waals surface area contributed by atoms with Gasteiger partial charge in [0.2, 0.25) is 5.91 Å². The zero-order valence-corrected chi connectivity index (χ0v) is 20.9. The van der Waals surface area contributed by atoms with E-state index in [0.717, 1.165) is 31.4 Å². The highest BCUT2D eigenvalue weighted by molar-refractivity contribution is 5.82. The average Bonchev–Trinajstić information content (AvgIpc) is 2.80. The summed E-state index contributed by atoms with van der Waals surface area (Å²) < 4.78 is 1.69. The summed E-state index contributed by atoms with van der Waals surface area (Å²) in [6, 6.07) is 15.1. The fourth-order valence-electron chi connectivity index (χ4n) is 4.13. The molecule has 5 heteroatoms. The van der Waals surface area contributed by atoms with Gasteiger partial charge in [-0.15, -0.1) is 0 Å². The number of carbonyl (C=O) groups is 1. The van der Waals surface area contributed by atoms with E-state index in [0.29, 0.717) is 23.3 Å². The standard InChI is InChI=1S/C28H37N3O2/c1-7-9-12-19-30(27(33)28(4,5)6)20(3)25-29-24-14-11-10-13-23(24)26(32)31(25)22-17-15-21(8-2)16-18-22/h10-11,13-18,20H,7-9,12,19H2,1-6H3. The third kappa shape index (κ3) is 5.35. The smallest absolute Gasteiger partial charge is 0.266 e. The number of hydrogen-bond donors (Lipinski definition) is 0. The minimum atomic E-state index is -0.523. The molecule has 0 fully saturated rings. The minimum absolute atomic E-state index is 0.0707. The number of aromatic nitrogens is 2. The Morgan fingerprint density at radius 1 is 1.03 bits per heavy atom. The van der Waals surface area contributed by atoms with Crippen LogP contribution in [0.3, 0.4) is 0 Å². The van der Waals surface area contributed by atoms with Crippen LogP contribution in [0.2, 0.25) is 0 Å². The molecule has 1 unspecified atom stereocenters. The number of benzene rings is 2. The Bertz CT molecular complexity index is 1160. The summed E-state index contributed by atoms with van der Waals surface area (Å²) >= 11 is 0. The number of rotatable bonds is 8. The van der Waals surface area contributed by atoms with Crippen LogP contribution in [0.4, 0.5) is 0 Å². The molecule has 0 saturated heterocycles. The van der Waals surface area contributed by atoms with Crippen molar-refractivity contribution in [2.75, 3.05) is 6.54 Å². The summed E-state index contributed by atoms with van der Waals surface area (Å²) in [5.41, 5.74) is 2.00. The lowest BCUT2D eigenvalue weighted by atomic mass is 9.93. The molecule has 5 nitrogen and oxygen atoms in total. The number of unbranched alkanes of at least 4 members (excludes halogenated alkanes) is 2. The van der Waals surface area contributed by atoms with Gasteiger partial charge in [0.25, 0.3) is 5.56 Å². The van der Waals surface area contributed by atoms with E-state index in [-0.39, 0.29) is 17.5 Å². The van der Waals surface area contributed by atoms with Crippen LogP contribution in [0.1, 0.15) is 78.2 Å². The number of hydrogen-bond acceptors (Lipinski definition) is 3. The van der Waals surface area contributed by atoms with Gasteiger partial charge in [-0.2, -0.15) is 0 Å². The normalized spacial score (nSPS) is 12.7. The maximum absolute atomic E-state index is 13.7. The van der Waals surface area contributed by atoms with Crippen LogP contribution >= 0.6 is 0 Å². The maximum atomic E-state index is 13.7. The van der Waals surface area contributed by atoms with Crippen molar-refractivity contribution in [2.24, 2.45) is 5.41 Å². The number of para-hydroxylation sites is 1. The van der Waals surface area contributed by atoms with Gasteiger partial charge >= 0.3 is 0 Å². The average molecular weight is 448 g/mol. The molecule has 1 atom stereocenters. The monoisotopic (exact) mass is 447 g/mol. The first kappa shape index (κ1) is 24.7. The molecule has 176 valence electrons. The Morgan fingerprint density at radius 3 is 2.30 bits per heavy atom. The summed E-state index contributed by atoms with van der Waals surface area (Å²) in [6.07, 6.45) is 3.98. The van der Waals surface area contributed by atoms with Crippen LogP contribution in [0.25, 0.3) is 16.6 Å². The largest absolute Gasteiger partial charge is 0.332 e. The van der Waals surface area contributed by atoms with Crippen molar-refractivity contribution in [3.05, 3.63) is 70.3 Å². The van der Waals surface area contributed by atoms with Crippen molar-refractivity contribution in [3.63, 3.8) is 0 Å². The number of aryl methyl sites for hydroxylation is 1. The summed E-state index contributed by atoms with van der Waals surface area (Å²) in [5, 5.41) is 0.577. The number of nitrogens with zero attached hydrogens (tertiary/aromatic N) is 3. The van der Waals surface area contributed by atoms with E-state index < -0.39 is 5.41 Å². The van der Waals surface area contributed by atoms with Gasteiger partial charge < -0.3 is 4.90 Å². The molecule has 1 aromatic heterocycles. The lowest BCUT2D eigenvalue weighted by Crippen LogP contribution is -2.43. The molecule has 3 rings (SSSR count). The molecule has 0 aliphatic carbocycles. The second-order valence-electron chi connectivity index (χ2n) is 9.78. The van der Waals surface area contributed by atoms with E-state index in [9.17, 15) is 9.59 Å². The molecule has 1 heterocycles. The second-order valence-corrected chi connectivity index (χ2v) is 9.78. The van der Waals surface area contributed by atoms with E-state index in [2.05, 4.69) is 13.8 Å². The van der Waals surface area contributed by atoms with Crippen molar-refractivity contribution in [1.82, 2.24) is 14.5 Å². The predicted octanol–water partition coefficient (Wildman–Crippen LogP) is 6.07. The van der Waals surface area contributed by atoms with Gasteiger partial charge in [-0.1, -0.05) is 71.7 Å². The minimum Gasteiger partial charge on any atom is -0.332 e. The third-order valence-electron chi connectivity index (χ3n) is 6.15. The van der Waals surface area contributed by atoms with Gasteiger partial charge in [0.15, 0.2) is 0 Å². The molecule has 0 aliphatic heterocycles. The van der Waals surface area contributed by atoms with Crippen LogP contribution in [-0.4, -0.2) is 26.9 Å². The fourth-order valence-corrected chi connectivity index (χ4v) is 4.13. The number of amides is 1. The third-order valence-corrected chi connectivity index (χ3v) is 6.15. The van der Waals surface area contributed by atoms with Crippen LogP contribution in [0.5, 0.6) is 0 Å². The molecule has 0 aliphatic rings. The van der Waals surface area contributed by atoms with Gasteiger partial charge in [-0.05, 0) is 49.6 Å². The molecule has 33 heavy (non-hydrogen) atoms. The molecular formula is C28H37N3O2. The summed E-state index contributed by atoms with van der Waals surface area (Å²) in [4.78, 5) is 34.0. The van der Waals surface area contributed by atoms with E-state index in [1.165, 1.54) is 5.56 Å². The van der Waals surface area contributed by atoms with Crippen molar-refractivity contribution in [1.29, 1.82) is 0 Å². The molecule has 3 aromatic rings. The number of fused-ring (bicyclic) bond motifs is 1. The SMILES string of the molecule is CCCCCN(C(=O)C(C)(C)C)C(C)c1nc2ccccc2c(=O)n1-c1ccc(CC)cc1. The van der Waals surface area contributed by atoms with E-state index >= 15 is 0 Å². The molecule has 0 bridgehead atoms. The molecule has 1 amide bonds. The first-order chi connectivity index (χ1) is 15.7. The summed E-state index contributed by atoms with van der Waals surface area (Å²) in [6.45, 7) is 12.7. The topological polar surface area (TPSA) is 55.2 Å². The van der Waals surface area contributed by atoms with Crippen LogP contribution in [0, 0.1) is 5.41 Å². The Morgan fingerprint density at radius 2 is 1.70 bits per heavy atom. The first-order valence-corrected chi connectivity index (χ1v) is 12.1. The van der Waals surface area contributed by atoms with Crippen molar-refractivity contribution < 1.29 is 4.79 Å². The van der Waals surface area contributed by atoms with Gasteiger partial charge in [-0.3, -0.25) is 14.2 Å². The molecule has 0 saturated carbocycles. The molecule has 2 aromatic carbocycles.